The van der Waals surface area contributed by atoms with Crippen molar-refractivity contribution in [3.05, 3.63) is 23.5 Å². The molecule has 0 aliphatic heterocycles. The van der Waals surface area contributed by atoms with Gasteiger partial charge >= 0.3 is 12.0 Å². The highest BCUT2D eigenvalue weighted by molar-refractivity contribution is 6.29. The molecule has 2 aromatic rings. The number of hydrogen-bond acceptors (Lipinski definition) is 6. The predicted octanol–water partition coefficient (Wildman–Crippen LogP) is 1.08. The van der Waals surface area contributed by atoms with Gasteiger partial charge in [-0.1, -0.05) is 11.6 Å². The van der Waals surface area contributed by atoms with E-state index < -0.39 is 5.97 Å². The van der Waals surface area contributed by atoms with E-state index in [0.717, 1.165) is 5.56 Å². The Morgan fingerprint density at radius 3 is 3.00 bits per heavy atom. The Morgan fingerprint density at radius 2 is 2.32 bits per heavy atom. The number of carbonyl (C=O) groups is 1. The number of rotatable bonds is 4. The molecule has 0 aliphatic rings. The maximum atomic E-state index is 11.0. The molecular weight excluding hydrogens is 272 g/mol. The molecule has 0 aromatic carbocycles. The number of aromatic nitrogens is 4. The number of ether oxygens (including phenoxy) is 2. The molecule has 7 nitrogen and oxygen atoms in total. The smallest absolute Gasteiger partial charge is 0.344 e. The molecule has 0 aliphatic carbocycles. The van der Waals surface area contributed by atoms with Crippen LogP contribution in [0.15, 0.2) is 18.3 Å². The molecule has 2 rings (SSSR count). The highest BCUT2D eigenvalue weighted by Crippen LogP contribution is 2.20. The molecule has 2 aromatic heterocycles. The summed E-state index contributed by atoms with van der Waals surface area (Å²) in [6, 6.07) is 3.51. The zero-order chi connectivity index (χ0) is 13.8. The van der Waals surface area contributed by atoms with Gasteiger partial charge in [-0.15, -0.1) is 5.10 Å². The van der Waals surface area contributed by atoms with Crippen LogP contribution in [0.5, 0.6) is 6.01 Å². The molecule has 0 bridgehead atoms. The summed E-state index contributed by atoms with van der Waals surface area (Å²) < 4.78 is 11.1. The van der Waals surface area contributed by atoms with Gasteiger partial charge < -0.3 is 9.47 Å². The minimum atomic E-state index is -0.499. The highest BCUT2D eigenvalue weighted by atomic mass is 35.5. The lowest BCUT2D eigenvalue weighted by Crippen LogP contribution is -2.13. The maximum absolute atomic E-state index is 11.0. The van der Waals surface area contributed by atoms with Crippen LogP contribution >= 0.6 is 11.6 Å². The van der Waals surface area contributed by atoms with Crippen molar-refractivity contribution >= 4 is 17.6 Å². The molecule has 100 valence electrons. The fourth-order valence-electron chi connectivity index (χ4n) is 1.40. The van der Waals surface area contributed by atoms with E-state index in [1.807, 2.05) is 0 Å². The van der Waals surface area contributed by atoms with E-state index in [9.17, 15) is 4.79 Å². The Kier molecular flexibility index (Phi) is 3.96. The number of nitrogens with zero attached hydrogens (tertiary/aromatic N) is 4. The third-order valence-electron chi connectivity index (χ3n) is 2.28. The SMILES string of the molecule is COC(=O)COc1nc(-c2ccnc(Cl)c2)n(C)n1. The average Bonchev–Trinajstić information content (AvgIpc) is 2.77. The van der Waals surface area contributed by atoms with Crippen molar-refractivity contribution in [2.24, 2.45) is 7.05 Å². The molecular formula is C11H11ClN4O3. The Balaban J connectivity index is 2.19. The molecule has 0 fully saturated rings. The third kappa shape index (κ3) is 3.19. The minimum absolute atomic E-state index is 0.0934. The van der Waals surface area contributed by atoms with Gasteiger partial charge in [0.2, 0.25) is 0 Å². The van der Waals surface area contributed by atoms with E-state index in [-0.39, 0.29) is 12.6 Å². The van der Waals surface area contributed by atoms with Gasteiger partial charge in [-0.05, 0) is 12.1 Å². The van der Waals surface area contributed by atoms with Gasteiger partial charge in [0.15, 0.2) is 12.4 Å². The topological polar surface area (TPSA) is 79.1 Å². The first-order valence-corrected chi connectivity index (χ1v) is 5.70. The van der Waals surface area contributed by atoms with E-state index in [2.05, 4.69) is 19.8 Å². The molecule has 0 unspecified atom stereocenters. The normalized spacial score (nSPS) is 10.3. The standard InChI is InChI=1S/C11H11ClN4O3/c1-16-10(7-3-4-13-8(12)5-7)14-11(15-16)19-6-9(17)18-2/h3-5H,6H2,1-2H3. The Labute approximate surface area is 114 Å². The lowest BCUT2D eigenvalue weighted by molar-refractivity contribution is -0.143. The second-order valence-electron chi connectivity index (χ2n) is 3.57. The van der Waals surface area contributed by atoms with Crippen molar-refractivity contribution < 1.29 is 14.3 Å². The van der Waals surface area contributed by atoms with E-state index in [0.29, 0.717) is 11.0 Å². The van der Waals surface area contributed by atoms with Gasteiger partial charge in [0, 0.05) is 18.8 Å². The first-order valence-electron chi connectivity index (χ1n) is 5.32. The number of hydrogen-bond donors (Lipinski definition) is 0. The zero-order valence-electron chi connectivity index (χ0n) is 10.3. The molecule has 0 N–H and O–H groups in total. The molecule has 0 amide bonds. The number of esters is 1. The van der Waals surface area contributed by atoms with Gasteiger partial charge in [-0.25, -0.2) is 14.5 Å². The van der Waals surface area contributed by atoms with Crippen LogP contribution < -0.4 is 4.74 Å². The van der Waals surface area contributed by atoms with Crippen LogP contribution in [0, 0.1) is 0 Å². The summed E-state index contributed by atoms with van der Waals surface area (Å²) >= 11 is 5.81. The van der Waals surface area contributed by atoms with Crippen LogP contribution in [0.25, 0.3) is 11.4 Å². The third-order valence-corrected chi connectivity index (χ3v) is 2.48. The number of pyridine rings is 1. The summed E-state index contributed by atoms with van der Waals surface area (Å²) in [5.41, 5.74) is 0.753. The van der Waals surface area contributed by atoms with E-state index >= 15 is 0 Å². The van der Waals surface area contributed by atoms with Gasteiger partial charge in [0.25, 0.3) is 0 Å². The summed E-state index contributed by atoms with van der Waals surface area (Å²) in [6.45, 7) is -0.239. The van der Waals surface area contributed by atoms with Crippen molar-refractivity contribution in [2.45, 2.75) is 0 Å². The first-order chi connectivity index (χ1) is 9.10. The van der Waals surface area contributed by atoms with Crippen LogP contribution in [0.3, 0.4) is 0 Å². The fourth-order valence-corrected chi connectivity index (χ4v) is 1.57. The van der Waals surface area contributed by atoms with Crippen molar-refractivity contribution in [1.82, 2.24) is 19.7 Å². The summed E-state index contributed by atoms with van der Waals surface area (Å²) in [4.78, 5) is 19.0. The monoisotopic (exact) mass is 282 g/mol. The molecule has 0 saturated heterocycles. The van der Waals surface area contributed by atoms with Crippen molar-refractivity contribution in [3.8, 4) is 17.4 Å². The predicted molar refractivity (Wildman–Crippen MR) is 66.8 cm³/mol. The van der Waals surface area contributed by atoms with E-state index in [1.165, 1.54) is 11.8 Å². The highest BCUT2D eigenvalue weighted by Gasteiger charge is 2.12. The van der Waals surface area contributed by atoms with Gasteiger partial charge in [0.05, 0.1) is 7.11 Å². The zero-order valence-corrected chi connectivity index (χ0v) is 11.1. The fraction of sp³-hybridized carbons (Fsp3) is 0.273. The van der Waals surface area contributed by atoms with Gasteiger partial charge in [-0.2, -0.15) is 4.98 Å². The lowest BCUT2D eigenvalue weighted by Gasteiger charge is -1.99. The van der Waals surface area contributed by atoms with Crippen molar-refractivity contribution in [1.29, 1.82) is 0 Å². The van der Waals surface area contributed by atoms with Crippen LogP contribution in [-0.2, 0) is 16.6 Å². The number of methoxy groups -OCH3 is 1. The van der Waals surface area contributed by atoms with Crippen LogP contribution in [0.1, 0.15) is 0 Å². The van der Waals surface area contributed by atoms with E-state index in [4.69, 9.17) is 16.3 Å². The largest absolute Gasteiger partial charge is 0.466 e. The summed E-state index contributed by atoms with van der Waals surface area (Å²) in [5, 5.41) is 4.39. The van der Waals surface area contributed by atoms with Crippen LogP contribution in [0.4, 0.5) is 0 Å². The second-order valence-corrected chi connectivity index (χ2v) is 3.96. The molecule has 0 spiro atoms. The first kappa shape index (κ1) is 13.3. The Morgan fingerprint density at radius 1 is 1.53 bits per heavy atom. The van der Waals surface area contributed by atoms with Crippen LogP contribution in [0.2, 0.25) is 5.15 Å². The Bertz CT molecular complexity index is 599. The molecule has 0 radical (unpaired) electrons. The second kappa shape index (κ2) is 5.66. The summed E-state index contributed by atoms with van der Waals surface area (Å²) in [5.74, 6) is 0.0603. The van der Waals surface area contributed by atoms with Crippen molar-refractivity contribution in [3.63, 3.8) is 0 Å². The maximum Gasteiger partial charge on any atom is 0.344 e. The van der Waals surface area contributed by atoms with Gasteiger partial charge in [-0.3, -0.25) is 0 Å². The average molecular weight is 283 g/mol. The van der Waals surface area contributed by atoms with E-state index in [1.54, 1.807) is 25.4 Å². The molecule has 8 heteroatoms. The Hall–Kier alpha value is -2.15. The van der Waals surface area contributed by atoms with Gasteiger partial charge in [0.1, 0.15) is 5.15 Å². The molecule has 19 heavy (non-hydrogen) atoms. The summed E-state index contributed by atoms with van der Waals surface area (Å²) in [7, 11) is 2.99. The number of halogens is 1. The molecule has 0 saturated carbocycles. The molecule has 0 atom stereocenters. The van der Waals surface area contributed by atoms with Crippen LogP contribution in [-0.4, -0.2) is 39.4 Å². The quantitative estimate of drug-likeness (QED) is 0.617. The molecule has 2 heterocycles. The number of aryl methyl sites for hydroxylation is 1. The number of carbonyl (C=O) groups excluding carboxylic acids is 1. The summed E-state index contributed by atoms with van der Waals surface area (Å²) in [6.07, 6.45) is 1.57. The minimum Gasteiger partial charge on any atom is -0.466 e. The lowest BCUT2D eigenvalue weighted by atomic mass is 10.2. The van der Waals surface area contributed by atoms with Crippen molar-refractivity contribution in [2.75, 3.05) is 13.7 Å².